The molecule has 3 aromatic carbocycles. The summed E-state index contributed by atoms with van der Waals surface area (Å²) in [7, 11) is 0. The highest BCUT2D eigenvalue weighted by Gasteiger charge is 2.38. The fourth-order valence-corrected chi connectivity index (χ4v) is 3.22. The highest BCUT2D eigenvalue weighted by molar-refractivity contribution is 5.81. The van der Waals surface area contributed by atoms with E-state index in [2.05, 4.69) is 88.1 Å². The van der Waals surface area contributed by atoms with Crippen LogP contribution in [0.15, 0.2) is 79.1 Å². The number of imidazole rings is 1. The predicted molar refractivity (Wildman–Crippen MR) is 122 cm³/mol. The Labute approximate surface area is 189 Å². The van der Waals surface area contributed by atoms with Crippen LogP contribution >= 0.6 is 0 Å². The van der Waals surface area contributed by atoms with Crippen molar-refractivity contribution in [3.05, 3.63) is 90.3 Å². The van der Waals surface area contributed by atoms with Gasteiger partial charge in [0.15, 0.2) is 0 Å². The summed E-state index contributed by atoms with van der Waals surface area (Å²) < 4.78 is 31.7. The Morgan fingerprint density at radius 1 is 0.939 bits per heavy atom. The van der Waals surface area contributed by atoms with Crippen LogP contribution < -0.4 is 5.32 Å². The second-order valence-corrected chi connectivity index (χ2v) is 7.40. The Kier molecular flexibility index (Phi) is 8.21. The average Bonchev–Trinajstić information content (AvgIpc) is 3.28. The van der Waals surface area contributed by atoms with Gasteiger partial charge in [0.25, 0.3) is 0 Å². The largest absolute Gasteiger partial charge is 0.490 e. The average molecular weight is 455 g/mol. The number of benzene rings is 3. The second-order valence-electron chi connectivity index (χ2n) is 7.40. The molecule has 0 atom stereocenters. The molecule has 0 saturated carbocycles. The van der Waals surface area contributed by atoms with E-state index in [1.807, 2.05) is 0 Å². The number of hydrogen-bond donors (Lipinski definition) is 3. The summed E-state index contributed by atoms with van der Waals surface area (Å²) in [6, 6.07) is 25.8. The summed E-state index contributed by atoms with van der Waals surface area (Å²) in [5, 5.41) is 10.7. The smallest absolute Gasteiger partial charge is 0.475 e. The molecule has 8 heteroatoms. The van der Waals surface area contributed by atoms with Gasteiger partial charge in [-0.3, -0.25) is 0 Å². The minimum absolute atomic E-state index is 0.910. The number of halogens is 3. The Bertz CT molecular complexity index is 1160. The minimum Gasteiger partial charge on any atom is -0.475 e. The van der Waals surface area contributed by atoms with Gasteiger partial charge in [0.1, 0.15) is 0 Å². The minimum atomic E-state index is -5.08. The van der Waals surface area contributed by atoms with Gasteiger partial charge < -0.3 is 15.4 Å². The molecular weight excluding hydrogens is 431 g/mol. The van der Waals surface area contributed by atoms with Gasteiger partial charge in [-0.25, -0.2) is 9.78 Å². The molecule has 0 amide bonds. The molecule has 0 aliphatic carbocycles. The molecule has 0 spiro atoms. The van der Waals surface area contributed by atoms with Crippen molar-refractivity contribution in [2.75, 3.05) is 6.54 Å². The normalized spacial score (nSPS) is 11.1. The number of carboxylic acids is 1. The van der Waals surface area contributed by atoms with Gasteiger partial charge in [-0.1, -0.05) is 60.7 Å². The number of nitrogens with one attached hydrogen (secondary N) is 2. The number of alkyl halides is 3. The van der Waals surface area contributed by atoms with Crippen molar-refractivity contribution in [3.63, 3.8) is 0 Å². The molecule has 0 bridgehead atoms. The van der Waals surface area contributed by atoms with E-state index in [0.29, 0.717) is 0 Å². The number of aliphatic carboxylic acids is 1. The third-order valence-corrected chi connectivity index (χ3v) is 4.94. The molecule has 4 rings (SSSR count). The van der Waals surface area contributed by atoms with Gasteiger partial charge in [0.2, 0.25) is 0 Å². The van der Waals surface area contributed by atoms with Crippen LogP contribution in [0.4, 0.5) is 13.2 Å². The van der Waals surface area contributed by atoms with Gasteiger partial charge in [0, 0.05) is 6.54 Å². The first-order chi connectivity index (χ1) is 15.8. The van der Waals surface area contributed by atoms with Crippen LogP contribution in [0.25, 0.3) is 22.2 Å². The van der Waals surface area contributed by atoms with E-state index in [1.54, 1.807) is 6.33 Å². The van der Waals surface area contributed by atoms with Gasteiger partial charge >= 0.3 is 12.1 Å². The number of aromatic nitrogens is 2. The van der Waals surface area contributed by atoms with Crippen LogP contribution in [0.2, 0.25) is 0 Å². The Balaban J connectivity index is 0.000000383. The number of H-pyrrole nitrogens is 1. The lowest BCUT2D eigenvalue weighted by molar-refractivity contribution is -0.192. The van der Waals surface area contributed by atoms with Crippen molar-refractivity contribution >= 4 is 17.0 Å². The maximum atomic E-state index is 10.6. The zero-order valence-corrected chi connectivity index (χ0v) is 17.8. The molecule has 1 heterocycles. The number of carboxylic acid groups (broad SMARTS) is 1. The lowest BCUT2D eigenvalue weighted by atomic mass is 10.0. The SMILES string of the molecule is O=C(O)C(F)(F)F.c1ccc(CCCNCc2ccc(-c3ccc4[nH]cnc4c3)cc2)cc1. The van der Waals surface area contributed by atoms with Crippen LogP contribution in [0.3, 0.4) is 0 Å². The number of aromatic amines is 1. The Morgan fingerprint density at radius 2 is 1.61 bits per heavy atom. The number of fused-ring (bicyclic) bond motifs is 1. The van der Waals surface area contributed by atoms with Gasteiger partial charge in [0.05, 0.1) is 17.4 Å². The number of carbonyl (C=O) groups is 1. The lowest BCUT2D eigenvalue weighted by Gasteiger charge is -2.07. The fourth-order valence-electron chi connectivity index (χ4n) is 3.22. The standard InChI is InChI=1S/C23H23N3.C2HF3O2/c1-2-5-18(6-3-1)7-4-14-24-16-19-8-10-20(11-9-19)21-12-13-22-23(15-21)26-17-25-22;3-2(4,5)1(6)7/h1-3,5-6,8-13,15,17,24H,4,7,14,16H2,(H,25,26);(H,6,7). The summed E-state index contributed by atoms with van der Waals surface area (Å²) in [5.41, 5.74) is 7.23. The van der Waals surface area contributed by atoms with Crippen molar-refractivity contribution in [3.8, 4) is 11.1 Å². The molecule has 4 aromatic rings. The van der Waals surface area contributed by atoms with Crippen LogP contribution in [0, 0.1) is 0 Å². The first-order valence-corrected chi connectivity index (χ1v) is 10.4. The summed E-state index contributed by atoms with van der Waals surface area (Å²) in [6.45, 7) is 1.94. The van der Waals surface area contributed by atoms with Gasteiger partial charge in [-0.05, 0) is 53.8 Å². The van der Waals surface area contributed by atoms with Crippen LogP contribution in [-0.2, 0) is 17.8 Å². The van der Waals surface area contributed by atoms with Gasteiger partial charge in [-0.2, -0.15) is 13.2 Å². The Hall–Kier alpha value is -3.65. The molecule has 0 saturated heterocycles. The Morgan fingerprint density at radius 3 is 2.27 bits per heavy atom. The van der Waals surface area contributed by atoms with E-state index in [1.165, 1.54) is 22.3 Å². The third-order valence-electron chi connectivity index (χ3n) is 4.94. The van der Waals surface area contributed by atoms with E-state index < -0.39 is 12.1 Å². The van der Waals surface area contributed by atoms with E-state index in [0.717, 1.165) is 37.0 Å². The van der Waals surface area contributed by atoms with Gasteiger partial charge in [-0.15, -0.1) is 0 Å². The predicted octanol–water partition coefficient (Wildman–Crippen LogP) is 5.59. The molecule has 0 aliphatic heterocycles. The highest BCUT2D eigenvalue weighted by atomic mass is 19.4. The molecule has 5 nitrogen and oxygen atoms in total. The summed E-state index contributed by atoms with van der Waals surface area (Å²) >= 11 is 0. The molecular formula is C25H24F3N3O2. The molecule has 0 aliphatic rings. The molecule has 0 fully saturated rings. The molecule has 33 heavy (non-hydrogen) atoms. The number of rotatable bonds is 7. The number of aryl methyl sites for hydroxylation is 1. The zero-order valence-electron chi connectivity index (χ0n) is 17.8. The fraction of sp³-hybridized carbons (Fsp3) is 0.200. The number of hydrogen-bond acceptors (Lipinski definition) is 3. The monoisotopic (exact) mass is 455 g/mol. The van der Waals surface area contributed by atoms with E-state index in [9.17, 15) is 13.2 Å². The topological polar surface area (TPSA) is 78.0 Å². The third kappa shape index (κ3) is 7.47. The van der Waals surface area contributed by atoms with E-state index >= 15 is 0 Å². The van der Waals surface area contributed by atoms with Crippen LogP contribution in [0.1, 0.15) is 17.5 Å². The highest BCUT2D eigenvalue weighted by Crippen LogP contribution is 2.23. The molecule has 0 radical (unpaired) electrons. The molecule has 0 unspecified atom stereocenters. The van der Waals surface area contributed by atoms with Crippen LogP contribution in [0.5, 0.6) is 0 Å². The number of nitrogens with zero attached hydrogens (tertiary/aromatic N) is 1. The van der Waals surface area contributed by atoms with Crippen molar-refractivity contribution in [2.45, 2.75) is 25.6 Å². The maximum absolute atomic E-state index is 10.6. The van der Waals surface area contributed by atoms with Crippen molar-refractivity contribution in [1.29, 1.82) is 0 Å². The summed E-state index contributed by atoms with van der Waals surface area (Å²) in [5.74, 6) is -2.76. The van der Waals surface area contributed by atoms with Crippen LogP contribution in [-0.4, -0.2) is 33.8 Å². The van der Waals surface area contributed by atoms with Crippen molar-refractivity contribution in [1.82, 2.24) is 15.3 Å². The van der Waals surface area contributed by atoms with Crippen molar-refractivity contribution < 1.29 is 23.1 Å². The lowest BCUT2D eigenvalue weighted by Crippen LogP contribution is -2.21. The molecule has 3 N–H and O–H groups in total. The summed E-state index contributed by atoms with van der Waals surface area (Å²) in [6.07, 6.45) is -1.06. The van der Waals surface area contributed by atoms with E-state index in [-0.39, 0.29) is 0 Å². The summed E-state index contributed by atoms with van der Waals surface area (Å²) in [4.78, 5) is 16.4. The van der Waals surface area contributed by atoms with Crippen molar-refractivity contribution in [2.24, 2.45) is 0 Å². The first-order valence-electron chi connectivity index (χ1n) is 10.4. The maximum Gasteiger partial charge on any atom is 0.490 e. The van der Waals surface area contributed by atoms with E-state index in [4.69, 9.17) is 9.90 Å². The molecule has 1 aromatic heterocycles. The zero-order chi connectivity index (χ0) is 23.7. The first kappa shape index (κ1) is 24.0. The quantitative estimate of drug-likeness (QED) is 0.318. The molecule has 172 valence electrons. The second kappa shape index (κ2) is 11.3.